The molecule has 0 aromatic carbocycles. The minimum absolute atomic E-state index is 0.264. The molecule has 2 nitrogen and oxygen atoms in total. The van der Waals surface area contributed by atoms with E-state index in [0.29, 0.717) is 13.1 Å². The second-order valence-corrected chi connectivity index (χ2v) is 1.84. The quantitative estimate of drug-likeness (QED) is 0.424. The molecule has 7 heavy (non-hydrogen) atoms. The van der Waals surface area contributed by atoms with E-state index < -0.39 is 6.17 Å². The van der Waals surface area contributed by atoms with Crippen LogP contribution in [0.25, 0.3) is 0 Å². The van der Waals surface area contributed by atoms with Gasteiger partial charge in [-0.1, -0.05) is 0 Å². The zero-order valence-electron chi connectivity index (χ0n) is 4.02. The molecule has 0 radical (unpaired) electrons. The molecule has 1 saturated heterocycles. The van der Waals surface area contributed by atoms with E-state index >= 15 is 0 Å². The van der Waals surface area contributed by atoms with Crippen LogP contribution in [0.5, 0.6) is 0 Å². The lowest BCUT2D eigenvalue weighted by molar-refractivity contribution is 0.332. The third-order valence-electron chi connectivity index (χ3n) is 1.18. The van der Waals surface area contributed by atoms with Gasteiger partial charge in [-0.25, -0.2) is 4.39 Å². The summed E-state index contributed by atoms with van der Waals surface area (Å²) < 4.78 is 12.1. The highest BCUT2D eigenvalue weighted by molar-refractivity contribution is 4.83. The third-order valence-corrected chi connectivity index (χ3v) is 1.18. The van der Waals surface area contributed by atoms with E-state index in [1.807, 2.05) is 0 Å². The Morgan fingerprint density at radius 1 is 1.57 bits per heavy atom. The van der Waals surface area contributed by atoms with E-state index in [1.165, 1.54) is 0 Å². The Morgan fingerprint density at radius 3 is 2.43 bits per heavy atom. The summed E-state index contributed by atoms with van der Waals surface area (Å²) in [5.41, 5.74) is 5.24. The standard InChI is InChI=1S/C4H9FN2/c5-3-1-7-2-4(3)6/h3-4,7H,1-2,6H2/t3-,4-/m1/s1. The number of hydrogen-bond donors (Lipinski definition) is 2. The van der Waals surface area contributed by atoms with Gasteiger partial charge in [0.15, 0.2) is 0 Å². The van der Waals surface area contributed by atoms with Gasteiger partial charge < -0.3 is 11.1 Å². The molecule has 1 aliphatic rings. The molecule has 3 N–H and O–H groups in total. The van der Waals surface area contributed by atoms with Gasteiger partial charge >= 0.3 is 0 Å². The molecular weight excluding hydrogens is 95.1 g/mol. The number of nitrogens with one attached hydrogen (secondary N) is 1. The maximum atomic E-state index is 12.1. The van der Waals surface area contributed by atoms with Crippen LogP contribution in [0.4, 0.5) is 4.39 Å². The first-order valence-electron chi connectivity index (χ1n) is 2.41. The summed E-state index contributed by atoms with van der Waals surface area (Å²) in [6, 6.07) is -0.264. The average molecular weight is 104 g/mol. The molecule has 3 heteroatoms. The van der Waals surface area contributed by atoms with Gasteiger partial charge in [0, 0.05) is 19.1 Å². The predicted octanol–water partition coefficient (Wildman–Crippen LogP) is -0.745. The van der Waals surface area contributed by atoms with Crippen LogP contribution in [0.2, 0.25) is 0 Å². The summed E-state index contributed by atoms with van der Waals surface area (Å²) in [7, 11) is 0. The Bertz CT molecular complexity index is 58.7. The Hall–Kier alpha value is -0.150. The lowest BCUT2D eigenvalue weighted by Crippen LogP contribution is -2.29. The molecular formula is C4H9FN2. The van der Waals surface area contributed by atoms with Gasteiger partial charge in [0.1, 0.15) is 6.17 Å². The molecule has 1 fully saturated rings. The lowest BCUT2D eigenvalue weighted by Gasteiger charge is -1.99. The first-order chi connectivity index (χ1) is 3.30. The van der Waals surface area contributed by atoms with Crippen molar-refractivity contribution in [2.45, 2.75) is 12.2 Å². The molecule has 2 atom stereocenters. The van der Waals surface area contributed by atoms with Crippen molar-refractivity contribution in [3.63, 3.8) is 0 Å². The van der Waals surface area contributed by atoms with Crippen LogP contribution in [-0.4, -0.2) is 25.3 Å². The summed E-state index contributed by atoms with van der Waals surface area (Å²) in [6.07, 6.45) is -0.819. The highest BCUT2D eigenvalue weighted by Crippen LogP contribution is 1.99. The fourth-order valence-electron chi connectivity index (χ4n) is 0.667. The average Bonchev–Trinajstić information content (AvgIpc) is 1.91. The van der Waals surface area contributed by atoms with E-state index in [2.05, 4.69) is 5.32 Å². The van der Waals surface area contributed by atoms with Crippen molar-refractivity contribution in [2.24, 2.45) is 5.73 Å². The van der Waals surface area contributed by atoms with Gasteiger partial charge in [-0.3, -0.25) is 0 Å². The Balaban J connectivity index is 2.33. The monoisotopic (exact) mass is 104 g/mol. The Kier molecular flexibility index (Phi) is 1.25. The third kappa shape index (κ3) is 0.894. The molecule has 1 heterocycles. The van der Waals surface area contributed by atoms with Gasteiger partial charge in [-0.2, -0.15) is 0 Å². The summed E-state index contributed by atoms with van der Waals surface area (Å²) in [5, 5.41) is 2.82. The zero-order chi connectivity index (χ0) is 5.28. The molecule has 1 aliphatic heterocycles. The smallest absolute Gasteiger partial charge is 0.129 e. The first kappa shape index (κ1) is 5.00. The minimum atomic E-state index is -0.819. The van der Waals surface area contributed by atoms with E-state index in [-0.39, 0.29) is 6.04 Å². The normalized spacial score (nSPS) is 42.0. The topological polar surface area (TPSA) is 38.0 Å². The van der Waals surface area contributed by atoms with Crippen molar-refractivity contribution < 1.29 is 4.39 Å². The molecule has 0 aromatic heterocycles. The molecule has 0 unspecified atom stereocenters. The van der Waals surface area contributed by atoms with Crippen molar-refractivity contribution in [1.82, 2.24) is 5.32 Å². The molecule has 0 spiro atoms. The van der Waals surface area contributed by atoms with Gasteiger partial charge in [0.2, 0.25) is 0 Å². The first-order valence-corrected chi connectivity index (χ1v) is 2.41. The second kappa shape index (κ2) is 1.76. The molecule has 1 rings (SSSR count). The fourth-order valence-corrected chi connectivity index (χ4v) is 0.667. The van der Waals surface area contributed by atoms with Crippen LogP contribution in [0, 0.1) is 0 Å². The molecule has 0 aromatic rings. The van der Waals surface area contributed by atoms with Gasteiger partial charge in [-0.05, 0) is 0 Å². The SMILES string of the molecule is N[C@@H]1CNC[C@H]1F. The molecule has 0 bridgehead atoms. The van der Waals surface area contributed by atoms with Crippen molar-refractivity contribution in [1.29, 1.82) is 0 Å². The van der Waals surface area contributed by atoms with E-state index in [0.717, 1.165) is 0 Å². The number of hydrogen-bond acceptors (Lipinski definition) is 2. The predicted molar refractivity (Wildman–Crippen MR) is 25.7 cm³/mol. The van der Waals surface area contributed by atoms with Crippen molar-refractivity contribution in [3.05, 3.63) is 0 Å². The fraction of sp³-hybridized carbons (Fsp3) is 1.00. The van der Waals surface area contributed by atoms with Crippen LogP contribution in [0.15, 0.2) is 0 Å². The van der Waals surface area contributed by atoms with Crippen molar-refractivity contribution >= 4 is 0 Å². The van der Waals surface area contributed by atoms with Gasteiger partial charge in [0.25, 0.3) is 0 Å². The van der Waals surface area contributed by atoms with E-state index in [9.17, 15) is 4.39 Å². The highest BCUT2D eigenvalue weighted by Gasteiger charge is 2.21. The van der Waals surface area contributed by atoms with E-state index in [4.69, 9.17) is 5.73 Å². The van der Waals surface area contributed by atoms with Crippen molar-refractivity contribution in [3.8, 4) is 0 Å². The Labute approximate surface area is 41.9 Å². The summed E-state index contributed by atoms with van der Waals surface area (Å²) in [5.74, 6) is 0. The lowest BCUT2D eigenvalue weighted by atomic mass is 10.3. The Morgan fingerprint density at radius 2 is 2.29 bits per heavy atom. The molecule has 0 aliphatic carbocycles. The summed E-state index contributed by atoms with van der Waals surface area (Å²) in [4.78, 5) is 0. The van der Waals surface area contributed by atoms with Crippen LogP contribution in [0.3, 0.4) is 0 Å². The molecule has 0 amide bonds. The molecule has 42 valence electrons. The molecule has 0 saturated carbocycles. The number of halogens is 1. The van der Waals surface area contributed by atoms with Crippen molar-refractivity contribution in [2.75, 3.05) is 13.1 Å². The zero-order valence-corrected chi connectivity index (χ0v) is 4.02. The number of nitrogens with two attached hydrogens (primary N) is 1. The van der Waals surface area contributed by atoms with Crippen LogP contribution in [-0.2, 0) is 0 Å². The van der Waals surface area contributed by atoms with Crippen LogP contribution >= 0.6 is 0 Å². The summed E-state index contributed by atoms with van der Waals surface area (Å²) in [6.45, 7) is 1.06. The van der Waals surface area contributed by atoms with Crippen LogP contribution < -0.4 is 11.1 Å². The van der Waals surface area contributed by atoms with Gasteiger partial charge in [-0.15, -0.1) is 0 Å². The number of alkyl halides is 1. The van der Waals surface area contributed by atoms with E-state index in [1.54, 1.807) is 0 Å². The van der Waals surface area contributed by atoms with Crippen LogP contribution in [0.1, 0.15) is 0 Å². The number of rotatable bonds is 0. The second-order valence-electron chi connectivity index (χ2n) is 1.84. The van der Waals surface area contributed by atoms with Gasteiger partial charge in [0.05, 0.1) is 0 Å². The maximum Gasteiger partial charge on any atom is 0.129 e. The maximum absolute atomic E-state index is 12.1. The highest BCUT2D eigenvalue weighted by atomic mass is 19.1. The largest absolute Gasteiger partial charge is 0.324 e. The summed E-state index contributed by atoms with van der Waals surface area (Å²) >= 11 is 0. The minimum Gasteiger partial charge on any atom is -0.324 e.